The molecule has 0 aromatic heterocycles. The topological polar surface area (TPSA) is 108 Å². The Kier molecular flexibility index (Phi) is 45.1. The van der Waals surface area contributed by atoms with Crippen molar-refractivity contribution in [3.8, 4) is 0 Å². The number of rotatable bonds is 47. The van der Waals surface area contributed by atoms with Crippen LogP contribution >= 0.6 is 7.82 Å². The molecule has 2 N–H and O–H groups in total. The van der Waals surface area contributed by atoms with Gasteiger partial charge in [0.2, 0.25) is 5.91 Å². The Morgan fingerprint density at radius 2 is 0.908 bits per heavy atom. The van der Waals surface area contributed by atoms with Gasteiger partial charge in [-0.1, -0.05) is 214 Å². The van der Waals surface area contributed by atoms with E-state index in [1.165, 1.54) is 116 Å². The van der Waals surface area contributed by atoms with Gasteiger partial charge in [-0.05, 0) is 77.0 Å². The second-order valence-electron chi connectivity index (χ2n) is 18.8. The van der Waals surface area contributed by atoms with Crippen molar-refractivity contribution < 1.29 is 32.9 Å². The lowest BCUT2D eigenvalue weighted by Crippen LogP contribution is -2.45. The lowest BCUT2D eigenvalue weighted by Gasteiger charge is -2.29. The summed E-state index contributed by atoms with van der Waals surface area (Å²) >= 11 is 0. The second kappa shape index (κ2) is 46.8. The van der Waals surface area contributed by atoms with Crippen LogP contribution in [0.5, 0.6) is 0 Å². The number of allylic oxidation sites excluding steroid dienone is 13. The van der Waals surface area contributed by atoms with Crippen LogP contribution in [0, 0.1) is 0 Å². The summed E-state index contributed by atoms with van der Waals surface area (Å²) in [5.74, 6) is -0.215. The highest BCUT2D eigenvalue weighted by Gasteiger charge is 2.23. The second-order valence-corrected chi connectivity index (χ2v) is 20.2. The van der Waals surface area contributed by atoms with E-state index in [2.05, 4.69) is 92.1 Å². The third-order valence-corrected chi connectivity index (χ3v) is 12.3. The Labute approximate surface area is 401 Å². The molecule has 0 aliphatic rings. The minimum absolute atomic E-state index is 0.0112. The van der Waals surface area contributed by atoms with Crippen molar-refractivity contribution in [1.82, 2.24) is 5.32 Å². The van der Waals surface area contributed by atoms with Gasteiger partial charge in [0, 0.05) is 6.42 Å². The molecule has 1 amide bonds. The highest BCUT2D eigenvalue weighted by Crippen LogP contribution is 2.38. The van der Waals surface area contributed by atoms with Crippen LogP contribution < -0.4 is 10.2 Å². The number of carbonyl (C=O) groups excluding carboxylic acids is 1. The van der Waals surface area contributed by atoms with E-state index in [4.69, 9.17) is 9.05 Å². The van der Waals surface area contributed by atoms with Crippen LogP contribution in [0.4, 0.5) is 0 Å². The number of hydrogen-bond acceptors (Lipinski definition) is 6. The molecule has 0 aromatic carbocycles. The van der Waals surface area contributed by atoms with E-state index in [0.717, 1.165) is 77.0 Å². The van der Waals surface area contributed by atoms with Crippen molar-refractivity contribution in [2.24, 2.45) is 0 Å². The molecule has 0 aliphatic heterocycles. The molecule has 9 heteroatoms. The SMILES string of the molecule is CC/C=C\C/C=C\C/C=C\C/C=C\CCCCCCCCCCCCCCCCCCCCCCC(=O)NC(COP(=O)([O-])OCC[N+](C)(C)C)C(O)/C=C/CC/C=C/CC/C=C/CC. The summed E-state index contributed by atoms with van der Waals surface area (Å²) < 4.78 is 23.2. The van der Waals surface area contributed by atoms with Gasteiger partial charge in [-0.15, -0.1) is 0 Å². The molecule has 8 nitrogen and oxygen atoms in total. The van der Waals surface area contributed by atoms with Gasteiger partial charge in [0.15, 0.2) is 0 Å². The Balaban J connectivity index is 3.99. The van der Waals surface area contributed by atoms with Crippen molar-refractivity contribution in [3.05, 3.63) is 85.1 Å². The van der Waals surface area contributed by atoms with Gasteiger partial charge < -0.3 is 28.8 Å². The molecular weight excluding hydrogens is 828 g/mol. The molecule has 0 saturated carbocycles. The fourth-order valence-corrected chi connectivity index (χ4v) is 7.97. The summed E-state index contributed by atoms with van der Waals surface area (Å²) in [6.45, 7) is 4.37. The number of carbonyl (C=O) groups is 1. The first-order chi connectivity index (χ1) is 31.5. The lowest BCUT2D eigenvalue weighted by molar-refractivity contribution is -0.870. The van der Waals surface area contributed by atoms with Crippen LogP contribution in [-0.2, 0) is 18.4 Å². The Bertz CT molecular complexity index is 1330. The van der Waals surface area contributed by atoms with Gasteiger partial charge in [-0.2, -0.15) is 0 Å². The first kappa shape index (κ1) is 62.7. The van der Waals surface area contributed by atoms with Crippen LogP contribution in [0.2, 0.25) is 0 Å². The summed E-state index contributed by atoms with van der Waals surface area (Å²) in [6, 6.07) is -0.910. The van der Waals surface area contributed by atoms with Crippen LogP contribution in [-0.4, -0.2) is 68.5 Å². The molecule has 0 fully saturated rings. The maximum absolute atomic E-state index is 12.9. The number of quaternary nitrogens is 1. The van der Waals surface area contributed by atoms with E-state index < -0.39 is 26.6 Å². The quantitative estimate of drug-likeness (QED) is 0.0272. The fraction of sp³-hybridized carbons (Fsp3) is 0.732. The van der Waals surface area contributed by atoms with Crippen molar-refractivity contribution in [2.75, 3.05) is 40.9 Å². The average molecular weight is 929 g/mol. The third kappa shape index (κ3) is 49.4. The number of nitrogens with one attached hydrogen (secondary N) is 1. The van der Waals surface area contributed by atoms with Crippen LogP contribution in [0.15, 0.2) is 85.1 Å². The number of phosphoric ester groups is 1. The number of hydrogen-bond donors (Lipinski definition) is 2. The fourth-order valence-electron chi connectivity index (χ4n) is 7.24. The molecule has 3 atom stereocenters. The third-order valence-electron chi connectivity index (χ3n) is 11.3. The van der Waals surface area contributed by atoms with Gasteiger partial charge in [-0.3, -0.25) is 9.36 Å². The van der Waals surface area contributed by atoms with Gasteiger partial charge in [0.05, 0.1) is 39.9 Å². The Hall–Kier alpha value is -2.32. The van der Waals surface area contributed by atoms with Crippen molar-refractivity contribution >= 4 is 13.7 Å². The number of phosphoric acid groups is 1. The Morgan fingerprint density at radius 1 is 0.538 bits per heavy atom. The normalized spacial score (nSPS) is 14.8. The number of aliphatic hydroxyl groups is 1. The summed E-state index contributed by atoms with van der Waals surface area (Å²) in [5.41, 5.74) is 0. The van der Waals surface area contributed by atoms with Crippen molar-refractivity contribution in [1.29, 1.82) is 0 Å². The maximum atomic E-state index is 12.9. The lowest BCUT2D eigenvalue weighted by atomic mass is 10.0. The molecule has 0 heterocycles. The van der Waals surface area contributed by atoms with Crippen molar-refractivity contribution in [2.45, 2.75) is 225 Å². The zero-order valence-corrected chi connectivity index (χ0v) is 43.6. The van der Waals surface area contributed by atoms with E-state index in [-0.39, 0.29) is 12.5 Å². The number of aliphatic hydroxyl groups excluding tert-OH is 1. The van der Waals surface area contributed by atoms with Gasteiger partial charge in [0.1, 0.15) is 13.2 Å². The largest absolute Gasteiger partial charge is 0.756 e. The van der Waals surface area contributed by atoms with Gasteiger partial charge in [-0.25, -0.2) is 0 Å². The highest BCUT2D eigenvalue weighted by molar-refractivity contribution is 7.45. The molecule has 376 valence electrons. The first-order valence-electron chi connectivity index (χ1n) is 26.4. The predicted octanol–water partition coefficient (Wildman–Crippen LogP) is 15.1. The minimum Gasteiger partial charge on any atom is -0.756 e. The average Bonchev–Trinajstić information content (AvgIpc) is 3.26. The first-order valence-corrected chi connectivity index (χ1v) is 27.9. The summed E-state index contributed by atoms with van der Waals surface area (Å²) in [7, 11) is 1.23. The van der Waals surface area contributed by atoms with Crippen molar-refractivity contribution in [3.63, 3.8) is 0 Å². The monoisotopic (exact) mass is 929 g/mol. The van der Waals surface area contributed by atoms with E-state index in [0.29, 0.717) is 17.4 Å². The van der Waals surface area contributed by atoms with E-state index in [1.807, 2.05) is 27.2 Å². The van der Waals surface area contributed by atoms with E-state index in [1.54, 1.807) is 6.08 Å². The van der Waals surface area contributed by atoms with Crippen LogP contribution in [0.1, 0.15) is 213 Å². The number of likely N-dealkylation sites (N-methyl/N-ethyl adjacent to an activating group) is 1. The molecule has 0 aliphatic carbocycles. The Morgan fingerprint density at radius 3 is 1.37 bits per heavy atom. The molecule has 0 spiro atoms. The van der Waals surface area contributed by atoms with Gasteiger partial charge >= 0.3 is 0 Å². The zero-order valence-electron chi connectivity index (χ0n) is 42.7. The summed E-state index contributed by atoms with van der Waals surface area (Å²) in [5, 5.41) is 13.7. The molecule has 0 saturated heterocycles. The summed E-state index contributed by atoms with van der Waals surface area (Å²) in [6.07, 6.45) is 65.4. The molecule has 65 heavy (non-hydrogen) atoms. The summed E-state index contributed by atoms with van der Waals surface area (Å²) in [4.78, 5) is 25.3. The molecule has 0 aromatic rings. The molecular formula is C56H101N2O6P. The number of nitrogens with zero attached hydrogens (tertiary/aromatic N) is 1. The molecule has 3 unspecified atom stereocenters. The highest BCUT2D eigenvalue weighted by atomic mass is 31.2. The van der Waals surface area contributed by atoms with Gasteiger partial charge in [0.25, 0.3) is 7.82 Å². The maximum Gasteiger partial charge on any atom is 0.268 e. The number of amides is 1. The predicted molar refractivity (Wildman–Crippen MR) is 279 cm³/mol. The smallest absolute Gasteiger partial charge is 0.268 e. The molecule has 0 radical (unpaired) electrons. The van der Waals surface area contributed by atoms with Crippen LogP contribution in [0.3, 0.4) is 0 Å². The van der Waals surface area contributed by atoms with E-state index in [9.17, 15) is 19.4 Å². The zero-order chi connectivity index (χ0) is 47.8. The van der Waals surface area contributed by atoms with E-state index >= 15 is 0 Å². The standard InChI is InChI=1S/C56H101N2O6P/c1-6-8-10-12-14-16-18-19-20-21-22-23-24-25-26-27-28-29-30-31-32-33-34-35-36-37-38-39-40-42-44-46-48-50-56(60)57-54(53-64-65(61,62)63-52-51-58(3,4)5)55(59)49-47-45-43-41-17-15-13-11-9-7-2/h8-11,14,16-17,19-20,22-23,41,47,49,54-55,59H,6-7,12-13,15,18,21,24-40,42-46,48,50-53H2,1-5H3,(H-,57,60,61,62)/b10-8-,11-9+,16-14-,20-19-,23-22-,41-17+,49-47+. The minimum atomic E-state index is -4.60. The van der Waals surface area contributed by atoms with Crippen LogP contribution in [0.25, 0.3) is 0 Å². The molecule has 0 bridgehead atoms. The molecule has 0 rings (SSSR count). The number of unbranched alkanes of at least 4 members (excludes halogenated alkanes) is 22.